The molecule has 0 radical (unpaired) electrons. The normalized spacial score (nSPS) is 22.8. The number of ether oxygens (including phenoxy) is 2. The van der Waals surface area contributed by atoms with Gasteiger partial charge in [-0.25, -0.2) is 18.9 Å². The molecule has 52 heavy (non-hydrogen) atoms. The smallest absolute Gasteiger partial charge is 0.407 e. The molecular weight excluding hydrogens is 687 g/mol. The third-order valence-electron chi connectivity index (χ3n) is 11.5. The van der Waals surface area contributed by atoms with Gasteiger partial charge in [0, 0.05) is 41.1 Å². The molecule has 3 saturated heterocycles. The molecule has 0 spiro atoms. The highest BCUT2D eigenvalue weighted by Gasteiger charge is 2.35. The van der Waals surface area contributed by atoms with E-state index in [1.54, 1.807) is 18.5 Å². The first-order chi connectivity index (χ1) is 25.2. The highest BCUT2D eigenvalue weighted by molar-refractivity contribution is 6.35. The van der Waals surface area contributed by atoms with Crippen LogP contribution >= 0.6 is 11.6 Å². The molecule has 5 aromatic rings. The van der Waals surface area contributed by atoms with Crippen LogP contribution in [-0.4, -0.2) is 91.0 Å². The SMILES string of the molecule is Cc1cc2c(cnn2C2CCCCO2)c(-c2c(Cl)cc3c(nc(OC[C@@H]4CCCN4C)c4cnn(C5CCN(C(=O)O)C(CC#N)C5)c43)c2F)c1C. The number of hydrogen-bond acceptors (Lipinski definition) is 8. The van der Waals surface area contributed by atoms with Gasteiger partial charge in [-0.1, -0.05) is 11.6 Å². The van der Waals surface area contributed by atoms with E-state index in [2.05, 4.69) is 24.1 Å². The number of piperidine rings is 1. The average Bonchev–Trinajstić information content (AvgIpc) is 3.88. The molecule has 1 N–H and O–H groups in total. The molecular formula is C38H42ClFN8O4. The van der Waals surface area contributed by atoms with E-state index in [0.717, 1.165) is 60.7 Å². The van der Waals surface area contributed by atoms with Crippen molar-refractivity contribution in [2.45, 2.75) is 89.6 Å². The Morgan fingerprint density at radius 1 is 1.06 bits per heavy atom. The van der Waals surface area contributed by atoms with Crippen LogP contribution in [0, 0.1) is 31.0 Å². The topological polar surface area (TPSA) is 135 Å². The number of halogens is 2. The molecule has 0 saturated carbocycles. The standard InChI is InChI=1S/C38H42ClFN8O4/c1-21-15-30-27(18-43-48(30)31-8-4-5-14-51-31)32(22(21)2)33-29(39)17-26-35(34(33)40)44-37(52-20-25-7-6-12-45(25)3)28-19-42-47(36(26)28)24-10-13-46(38(49)50)23(16-24)9-11-41/h15,17-19,23-25,31H,4-10,12-14,16,20H2,1-3H3,(H,49,50)/t23?,24?,25-,31?/m0/s1. The lowest BCUT2D eigenvalue weighted by Crippen LogP contribution is -2.45. The van der Waals surface area contributed by atoms with E-state index in [1.807, 2.05) is 23.2 Å². The van der Waals surface area contributed by atoms with E-state index in [4.69, 9.17) is 36.3 Å². The van der Waals surface area contributed by atoms with Gasteiger partial charge in [0.1, 0.15) is 12.1 Å². The zero-order valence-electron chi connectivity index (χ0n) is 29.6. The van der Waals surface area contributed by atoms with Crippen molar-refractivity contribution in [3.05, 3.63) is 46.5 Å². The number of benzene rings is 2. The van der Waals surface area contributed by atoms with Gasteiger partial charge < -0.3 is 24.4 Å². The van der Waals surface area contributed by atoms with Crippen LogP contribution < -0.4 is 4.74 Å². The Kier molecular flexibility index (Phi) is 9.18. The summed E-state index contributed by atoms with van der Waals surface area (Å²) in [4.78, 5) is 20.5. The van der Waals surface area contributed by atoms with Crippen LogP contribution in [0.2, 0.25) is 5.02 Å². The van der Waals surface area contributed by atoms with Crippen LogP contribution in [0.25, 0.3) is 43.8 Å². The number of carboxylic acid groups (broad SMARTS) is 1. The minimum atomic E-state index is -1.05. The van der Waals surface area contributed by atoms with Crippen molar-refractivity contribution in [3.63, 3.8) is 0 Å². The van der Waals surface area contributed by atoms with Gasteiger partial charge in [0.25, 0.3) is 0 Å². The first kappa shape index (κ1) is 34.6. The predicted octanol–water partition coefficient (Wildman–Crippen LogP) is 7.78. The molecule has 14 heteroatoms. The fourth-order valence-electron chi connectivity index (χ4n) is 8.52. The van der Waals surface area contributed by atoms with E-state index < -0.39 is 18.0 Å². The second-order valence-corrected chi connectivity index (χ2v) is 14.9. The van der Waals surface area contributed by atoms with Crippen LogP contribution in [0.4, 0.5) is 9.18 Å². The number of nitriles is 1. The second-order valence-electron chi connectivity index (χ2n) is 14.5. The molecule has 12 nitrogen and oxygen atoms in total. The third-order valence-corrected chi connectivity index (χ3v) is 11.8. The molecule has 0 bridgehead atoms. The quantitative estimate of drug-likeness (QED) is 0.178. The molecule has 272 valence electrons. The van der Waals surface area contributed by atoms with Gasteiger partial charge in [-0.15, -0.1) is 0 Å². The van der Waals surface area contributed by atoms with E-state index in [1.165, 1.54) is 4.90 Å². The number of likely N-dealkylation sites (tertiary alicyclic amines) is 2. The monoisotopic (exact) mass is 728 g/mol. The molecule has 4 atom stereocenters. The lowest BCUT2D eigenvalue weighted by Gasteiger charge is -2.37. The van der Waals surface area contributed by atoms with Crippen molar-refractivity contribution >= 4 is 50.4 Å². The molecule has 3 aromatic heterocycles. The Morgan fingerprint density at radius 2 is 1.87 bits per heavy atom. The maximum Gasteiger partial charge on any atom is 0.407 e. The van der Waals surface area contributed by atoms with Gasteiger partial charge in [-0.2, -0.15) is 15.5 Å². The van der Waals surface area contributed by atoms with Gasteiger partial charge >= 0.3 is 6.09 Å². The van der Waals surface area contributed by atoms with Crippen molar-refractivity contribution < 1.29 is 23.8 Å². The minimum absolute atomic E-state index is 0.0607. The summed E-state index contributed by atoms with van der Waals surface area (Å²) in [6.07, 6.45) is 8.11. The summed E-state index contributed by atoms with van der Waals surface area (Å²) in [6, 6.07) is 5.43. The molecule has 3 fully saturated rings. The number of rotatable bonds is 7. The summed E-state index contributed by atoms with van der Waals surface area (Å²) < 4.78 is 33.8. The fourth-order valence-corrected chi connectivity index (χ4v) is 8.81. The van der Waals surface area contributed by atoms with Crippen molar-refractivity contribution in [1.82, 2.24) is 34.3 Å². The number of carbonyl (C=O) groups is 1. The fraction of sp³-hybridized carbons (Fsp3) is 0.500. The van der Waals surface area contributed by atoms with Gasteiger partial charge in [0.15, 0.2) is 12.0 Å². The number of hydrogen-bond donors (Lipinski definition) is 1. The average molecular weight is 729 g/mol. The maximum atomic E-state index is 17.5. The van der Waals surface area contributed by atoms with E-state index in [9.17, 15) is 15.2 Å². The van der Waals surface area contributed by atoms with Gasteiger partial charge in [-0.3, -0.25) is 4.68 Å². The largest absolute Gasteiger partial charge is 0.475 e. The zero-order chi connectivity index (χ0) is 36.3. The molecule has 3 unspecified atom stereocenters. The van der Waals surface area contributed by atoms with Crippen molar-refractivity contribution in [3.8, 4) is 23.1 Å². The maximum absolute atomic E-state index is 17.5. The highest BCUT2D eigenvalue weighted by atomic mass is 35.5. The highest BCUT2D eigenvalue weighted by Crippen LogP contribution is 2.45. The molecule has 0 aliphatic carbocycles. The minimum Gasteiger partial charge on any atom is -0.475 e. The van der Waals surface area contributed by atoms with E-state index in [-0.39, 0.29) is 53.3 Å². The van der Waals surface area contributed by atoms with Crippen molar-refractivity contribution in [2.24, 2.45) is 0 Å². The summed E-state index contributed by atoms with van der Waals surface area (Å²) in [6.45, 7) is 6.26. The number of fused-ring (bicyclic) bond motifs is 4. The summed E-state index contributed by atoms with van der Waals surface area (Å²) in [5.41, 5.74) is 4.34. The summed E-state index contributed by atoms with van der Waals surface area (Å²) in [5.74, 6) is -0.286. The van der Waals surface area contributed by atoms with Crippen molar-refractivity contribution in [2.75, 3.05) is 33.4 Å². The Bertz CT molecular complexity index is 2240. The number of aromatic nitrogens is 5. The number of aryl methyl sites for hydroxylation is 1. The van der Waals surface area contributed by atoms with Crippen LogP contribution in [0.15, 0.2) is 24.5 Å². The summed E-state index contributed by atoms with van der Waals surface area (Å²) in [5, 5.41) is 31.0. The van der Waals surface area contributed by atoms with Crippen LogP contribution in [0.5, 0.6) is 5.88 Å². The number of pyridine rings is 1. The molecule has 3 aliphatic heterocycles. The van der Waals surface area contributed by atoms with Crippen molar-refractivity contribution in [1.29, 1.82) is 5.26 Å². The van der Waals surface area contributed by atoms with Crippen LogP contribution in [0.3, 0.4) is 0 Å². The van der Waals surface area contributed by atoms with Crippen LogP contribution in [-0.2, 0) is 4.74 Å². The Labute approximate surface area is 305 Å². The Morgan fingerprint density at radius 3 is 2.60 bits per heavy atom. The predicted molar refractivity (Wildman–Crippen MR) is 195 cm³/mol. The third kappa shape index (κ3) is 5.81. The lowest BCUT2D eigenvalue weighted by molar-refractivity contribution is -0.0366. The van der Waals surface area contributed by atoms with E-state index in [0.29, 0.717) is 47.9 Å². The van der Waals surface area contributed by atoms with Gasteiger partial charge in [-0.05, 0) is 95.6 Å². The number of nitrogens with zero attached hydrogens (tertiary/aromatic N) is 8. The Balaban J connectivity index is 1.31. The summed E-state index contributed by atoms with van der Waals surface area (Å²) in [7, 11) is 2.07. The number of amides is 1. The van der Waals surface area contributed by atoms with Crippen LogP contribution in [0.1, 0.15) is 74.8 Å². The first-order valence-corrected chi connectivity index (χ1v) is 18.5. The second kappa shape index (κ2) is 13.8. The zero-order valence-corrected chi connectivity index (χ0v) is 30.4. The van der Waals surface area contributed by atoms with E-state index >= 15 is 4.39 Å². The first-order valence-electron chi connectivity index (χ1n) is 18.1. The molecule has 2 aromatic carbocycles. The Hall–Kier alpha value is -4.51. The lowest BCUT2D eigenvalue weighted by atomic mass is 9.92. The van der Waals surface area contributed by atoms with Gasteiger partial charge in [0.05, 0.1) is 58.4 Å². The van der Waals surface area contributed by atoms with Gasteiger partial charge in [0.2, 0.25) is 5.88 Å². The molecule has 1 amide bonds. The summed E-state index contributed by atoms with van der Waals surface area (Å²) >= 11 is 7.16. The number of likely N-dealkylation sites (N-methyl/N-ethyl adjacent to an activating group) is 1. The molecule has 3 aliphatic rings. The molecule has 8 rings (SSSR count). The molecule has 6 heterocycles.